The first-order chi connectivity index (χ1) is 9.22. The van der Waals surface area contributed by atoms with Crippen molar-refractivity contribution in [3.63, 3.8) is 0 Å². The molecular weight excluding hydrogens is 236 g/mol. The molecule has 0 saturated carbocycles. The highest BCUT2D eigenvalue weighted by Gasteiger charge is 2.20. The van der Waals surface area contributed by atoms with Crippen LogP contribution >= 0.6 is 0 Å². The fraction of sp³-hybridized carbons (Fsp3) is 0.294. The van der Waals surface area contributed by atoms with Gasteiger partial charge in [-0.05, 0) is 48.6 Å². The molecule has 1 atom stereocenters. The molecule has 2 nitrogen and oxygen atoms in total. The van der Waals surface area contributed by atoms with Crippen LogP contribution in [0.15, 0.2) is 42.5 Å². The van der Waals surface area contributed by atoms with Crippen molar-refractivity contribution in [1.82, 2.24) is 0 Å². The molecule has 2 heteroatoms. The number of aliphatic hydroxyl groups excluding tert-OH is 1. The highest BCUT2D eigenvalue weighted by atomic mass is 16.5. The summed E-state index contributed by atoms with van der Waals surface area (Å²) in [6, 6.07) is 14.3. The van der Waals surface area contributed by atoms with E-state index in [-0.39, 0.29) is 6.10 Å². The molecule has 0 aliphatic heterocycles. The Bertz CT molecular complexity index is 590. The summed E-state index contributed by atoms with van der Waals surface area (Å²) in [5.74, 6) is 0.884. The molecule has 1 aliphatic carbocycles. The topological polar surface area (TPSA) is 29.5 Å². The summed E-state index contributed by atoms with van der Waals surface area (Å²) in [6.45, 7) is 2.67. The van der Waals surface area contributed by atoms with E-state index in [0.717, 1.165) is 24.2 Å². The Labute approximate surface area is 113 Å². The SMILES string of the molecule is Cc1cccc(COc2ccc3c(c2)CC[C@H]3O)c1. The van der Waals surface area contributed by atoms with Crippen LogP contribution in [0.4, 0.5) is 0 Å². The van der Waals surface area contributed by atoms with Crippen LogP contribution in [-0.4, -0.2) is 5.11 Å². The first-order valence-corrected chi connectivity index (χ1v) is 6.71. The molecule has 0 amide bonds. The number of aliphatic hydroxyl groups is 1. The van der Waals surface area contributed by atoms with Gasteiger partial charge >= 0.3 is 0 Å². The number of ether oxygens (including phenoxy) is 1. The molecule has 19 heavy (non-hydrogen) atoms. The summed E-state index contributed by atoms with van der Waals surface area (Å²) < 4.78 is 5.83. The second-order valence-corrected chi connectivity index (χ2v) is 5.19. The van der Waals surface area contributed by atoms with E-state index in [9.17, 15) is 5.11 Å². The van der Waals surface area contributed by atoms with Crippen LogP contribution < -0.4 is 4.74 Å². The Kier molecular flexibility index (Phi) is 3.26. The van der Waals surface area contributed by atoms with E-state index >= 15 is 0 Å². The lowest BCUT2D eigenvalue weighted by atomic mass is 10.1. The average Bonchev–Trinajstić information content (AvgIpc) is 2.78. The standard InChI is InChI=1S/C17H18O2/c1-12-3-2-4-13(9-12)11-19-15-6-7-16-14(10-15)5-8-17(16)18/h2-4,6-7,9-10,17-18H,5,8,11H2,1H3/t17-/m1/s1. The third-order valence-corrected chi connectivity index (χ3v) is 3.65. The highest BCUT2D eigenvalue weighted by molar-refractivity contribution is 5.40. The van der Waals surface area contributed by atoms with Crippen molar-refractivity contribution in [3.8, 4) is 5.75 Å². The normalized spacial score (nSPS) is 17.3. The number of fused-ring (bicyclic) bond motifs is 1. The molecule has 1 aliphatic rings. The van der Waals surface area contributed by atoms with E-state index in [1.54, 1.807) is 0 Å². The summed E-state index contributed by atoms with van der Waals surface area (Å²) >= 11 is 0. The van der Waals surface area contributed by atoms with Gasteiger partial charge < -0.3 is 9.84 Å². The van der Waals surface area contributed by atoms with E-state index in [2.05, 4.69) is 31.2 Å². The van der Waals surface area contributed by atoms with Gasteiger partial charge in [0, 0.05) is 0 Å². The van der Waals surface area contributed by atoms with Gasteiger partial charge in [0.1, 0.15) is 12.4 Å². The Morgan fingerprint density at radius 1 is 1.21 bits per heavy atom. The largest absolute Gasteiger partial charge is 0.489 e. The fourth-order valence-corrected chi connectivity index (χ4v) is 2.63. The van der Waals surface area contributed by atoms with E-state index in [4.69, 9.17) is 4.74 Å². The Morgan fingerprint density at radius 3 is 2.95 bits per heavy atom. The predicted molar refractivity (Wildman–Crippen MR) is 75.2 cm³/mol. The highest BCUT2D eigenvalue weighted by Crippen LogP contribution is 2.33. The van der Waals surface area contributed by atoms with Gasteiger partial charge in [0.05, 0.1) is 6.10 Å². The molecule has 0 aromatic heterocycles. The quantitative estimate of drug-likeness (QED) is 0.907. The van der Waals surface area contributed by atoms with Crippen molar-refractivity contribution >= 4 is 0 Å². The van der Waals surface area contributed by atoms with E-state index in [1.165, 1.54) is 16.7 Å². The Morgan fingerprint density at radius 2 is 2.11 bits per heavy atom. The summed E-state index contributed by atoms with van der Waals surface area (Å²) in [5, 5.41) is 9.77. The minimum Gasteiger partial charge on any atom is -0.489 e. The maximum Gasteiger partial charge on any atom is 0.120 e. The van der Waals surface area contributed by atoms with Crippen molar-refractivity contribution in [2.24, 2.45) is 0 Å². The first-order valence-electron chi connectivity index (χ1n) is 6.71. The van der Waals surface area contributed by atoms with Crippen LogP contribution in [0.2, 0.25) is 0 Å². The lowest BCUT2D eigenvalue weighted by molar-refractivity contribution is 0.180. The summed E-state index contributed by atoms with van der Waals surface area (Å²) in [6.07, 6.45) is 1.48. The number of rotatable bonds is 3. The van der Waals surface area contributed by atoms with Crippen LogP contribution in [0.25, 0.3) is 0 Å². The van der Waals surface area contributed by atoms with Gasteiger partial charge in [0.15, 0.2) is 0 Å². The third-order valence-electron chi connectivity index (χ3n) is 3.65. The monoisotopic (exact) mass is 254 g/mol. The molecule has 3 rings (SSSR count). The molecule has 0 heterocycles. The van der Waals surface area contributed by atoms with Gasteiger partial charge in [-0.25, -0.2) is 0 Å². The van der Waals surface area contributed by atoms with E-state index in [0.29, 0.717) is 6.61 Å². The second kappa shape index (κ2) is 5.06. The van der Waals surface area contributed by atoms with Gasteiger partial charge in [-0.1, -0.05) is 35.9 Å². The van der Waals surface area contributed by atoms with Gasteiger partial charge in [-0.2, -0.15) is 0 Å². The fourth-order valence-electron chi connectivity index (χ4n) is 2.63. The van der Waals surface area contributed by atoms with Crippen LogP contribution in [0, 0.1) is 6.92 Å². The first kappa shape index (κ1) is 12.2. The molecule has 2 aromatic carbocycles. The molecule has 0 unspecified atom stereocenters. The zero-order chi connectivity index (χ0) is 13.2. The van der Waals surface area contributed by atoms with Crippen LogP contribution in [0.5, 0.6) is 5.75 Å². The molecular formula is C17H18O2. The van der Waals surface area contributed by atoms with Crippen LogP contribution in [-0.2, 0) is 13.0 Å². The van der Waals surface area contributed by atoms with Crippen LogP contribution in [0.3, 0.4) is 0 Å². The Balaban J connectivity index is 1.71. The van der Waals surface area contributed by atoms with Gasteiger partial charge in [-0.15, -0.1) is 0 Å². The number of hydrogen-bond acceptors (Lipinski definition) is 2. The molecule has 0 fully saturated rings. The van der Waals surface area contributed by atoms with Crippen molar-refractivity contribution in [1.29, 1.82) is 0 Å². The molecule has 0 radical (unpaired) electrons. The smallest absolute Gasteiger partial charge is 0.120 e. The maximum atomic E-state index is 9.77. The lowest BCUT2D eigenvalue weighted by Gasteiger charge is -2.09. The molecule has 0 bridgehead atoms. The molecule has 0 spiro atoms. The molecule has 98 valence electrons. The van der Waals surface area contributed by atoms with Crippen molar-refractivity contribution in [2.45, 2.75) is 32.5 Å². The Hall–Kier alpha value is -1.80. The predicted octanol–water partition coefficient (Wildman–Crippen LogP) is 3.55. The average molecular weight is 254 g/mol. The summed E-state index contributed by atoms with van der Waals surface area (Å²) in [5.41, 5.74) is 4.70. The van der Waals surface area contributed by atoms with Gasteiger partial charge in [-0.3, -0.25) is 0 Å². The van der Waals surface area contributed by atoms with Crippen molar-refractivity contribution in [3.05, 3.63) is 64.7 Å². The minimum atomic E-state index is -0.291. The van der Waals surface area contributed by atoms with E-state index in [1.807, 2.05) is 18.2 Å². The molecule has 0 saturated heterocycles. The van der Waals surface area contributed by atoms with Crippen molar-refractivity contribution < 1.29 is 9.84 Å². The zero-order valence-electron chi connectivity index (χ0n) is 11.1. The molecule has 2 aromatic rings. The second-order valence-electron chi connectivity index (χ2n) is 5.19. The van der Waals surface area contributed by atoms with Crippen molar-refractivity contribution in [2.75, 3.05) is 0 Å². The molecule has 1 N–H and O–H groups in total. The van der Waals surface area contributed by atoms with Gasteiger partial charge in [0.25, 0.3) is 0 Å². The number of benzene rings is 2. The minimum absolute atomic E-state index is 0.291. The zero-order valence-corrected chi connectivity index (χ0v) is 11.1. The number of aryl methyl sites for hydroxylation is 2. The van der Waals surface area contributed by atoms with E-state index < -0.39 is 0 Å². The third kappa shape index (κ3) is 2.64. The van der Waals surface area contributed by atoms with Crippen LogP contribution in [0.1, 0.15) is 34.8 Å². The maximum absolute atomic E-state index is 9.77. The summed E-state index contributed by atoms with van der Waals surface area (Å²) in [7, 11) is 0. The lowest BCUT2D eigenvalue weighted by Crippen LogP contribution is -1.97. The van der Waals surface area contributed by atoms with Gasteiger partial charge in [0.2, 0.25) is 0 Å². The summed E-state index contributed by atoms with van der Waals surface area (Å²) in [4.78, 5) is 0. The number of hydrogen-bond donors (Lipinski definition) is 1.